The lowest BCUT2D eigenvalue weighted by atomic mass is 9.89. The molecule has 0 atom stereocenters. The average molecular weight is 210 g/mol. The van der Waals surface area contributed by atoms with Crippen LogP contribution in [0, 0.1) is 13.8 Å². The smallest absolute Gasteiger partial charge is 0.138 e. The Morgan fingerprint density at radius 3 is 2.73 bits per heavy atom. The van der Waals surface area contributed by atoms with Crippen LogP contribution in [0.15, 0.2) is 4.52 Å². The molecule has 1 fully saturated rings. The van der Waals surface area contributed by atoms with Crippen LogP contribution in [0.5, 0.6) is 0 Å². The summed E-state index contributed by atoms with van der Waals surface area (Å²) in [6.45, 7) is 4.78. The first kappa shape index (κ1) is 10.6. The van der Waals surface area contributed by atoms with Gasteiger partial charge in [0.25, 0.3) is 0 Å². The molecule has 4 nitrogen and oxygen atoms in total. The zero-order valence-corrected chi connectivity index (χ0v) is 9.54. The maximum atomic E-state index is 5.23. The Balaban J connectivity index is 1.79. The molecule has 0 aliphatic heterocycles. The summed E-state index contributed by atoms with van der Waals surface area (Å²) in [5.41, 5.74) is 2.18. The van der Waals surface area contributed by atoms with Gasteiger partial charge in [0.05, 0.1) is 11.8 Å². The molecule has 1 saturated carbocycles. The van der Waals surface area contributed by atoms with Crippen LogP contribution in [0.2, 0.25) is 0 Å². The van der Waals surface area contributed by atoms with Gasteiger partial charge in [0.2, 0.25) is 0 Å². The zero-order chi connectivity index (χ0) is 10.8. The van der Waals surface area contributed by atoms with Crippen LogP contribution in [0.25, 0.3) is 0 Å². The molecule has 15 heavy (non-hydrogen) atoms. The third-order valence-corrected chi connectivity index (χ3v) is 3.18. The number of hydrogen-bond acceptors (Lipinski definition) is 4. The van der Waals surface area contributed by atoms with Gasteiger partial charge in [0.15, 0.2) is 0 Å². The van der Waals surface area contributed by atoms with Crippen molar-refractivity contribution in [3.8, 4) is 0 Å². The van der Waals surface area contributed by atoms with Crippen LogP contribution in [-0.2, 0) is 11.3 Å². The fourth-order valence-corrected chi connectivity index (χ4v) is 1.93. The Bertz CT molecular complexity index is 310. The lowest BCUT2D eigenvalue weighted by molar-refractivity contribution is 0.0169. The van der Waals surface area contributed by atoms with E-state index in [4.69, 9.17) is 9.26 Å². The van der Waals surface area contributed by atoms with E-state index < -0.39 is 0 Å². The highest BCUT2D eigenvalue weighted by molar-refractivity contribution is 5.20. The summed E-state index contributed by atoms with van der Waals surface area (Å²) in [7, 11) is 1.77. The molecule has 2 rings (SSSR count). The first-order valence-corrected chi connectivity index (χ1v) is 5.38. The summed E-state index contributed by atoms with van der Waals surface area (Å²) in [5.74, 6) is 0.919. The van der Waals surface area contributed by atoms with E-state index in [-0.39, 0.29) is 0 Å². The summed E-state index contributed by atoms with van der Waals surface area (Å²) in [6.07, 6.45) is 2.67. The highest BCUT2D eigenvalue weighted by Crippen LogP contribution is 2.23. The fraction of sp³-hybridized carbons (Fsp3) is 0.727. The van der Waals surface area contributed by atoms with Crippen molar-refractivity contribution in [2.24, 2.45) is 0 Å². The number of nitrogens with zero attached hydrogens (tertiary/aromatic N) is 1. The SMILES string of the molecule is COC1CC(NCc2c(C)noc2C)C1. The first-order valence-electron chi connectivity index (χ1n) is 5.38. The van der Waals surface area contributed by atoms with E-state index >= 15 is 0 Å². The second-order valence-electron chi connectivity index (χ2n) is 4.21. The summed E-state index contributed by atoms with van der Waals surface area (Å²) in [4.78, 5) is 0. The monoisotopic (exact) mass is 210 g/mol. The standard InChI is InChI=1S/C11H18N2O2/c1-7-11(8(2)15-13-7)6-12-9-4-10(5-9)14-3/h9-10,12H,4-6H2,1-3H3. The molecule has 0 aromatic carbocycles. The highest BCUT2D eigenvalue weighted by Gasteiger charge is 2.28. The van der Waals surface area contributed by atoms with Gasteiger partial charge >= 0.3 is 0 Å². The van der Waals surface area contributed by atoms with Crippen LogP contribution in [0.4, 0.5) is 0 Å². The van der Waals surface area contributed by atoms with Crippen molar-refractivity contribution in [3.63, 3.8) is 0 Å². The van der Waals surface area contributed by atoms with Crippen molar-refractivity contribution in [1.29, 1.82) is 0 Å². The Morgan fingerprint density at radius 1 is 1.47 bits per heavy atom. The van der Waals surface area contributed by atoms with Crippen LogP contribution in [-0.4, -0.2) is 24.4 Å². The minimum absolute atomic E-state index is 0.451. The lowest BCUT2D eigenvalue weighted by Gasteiger charge is -2.34. The second kappa shape index (κ2) is 4.33. The molecular formula is C11H18N2O2. The van der Waals surface area contributed by atoms with E-state index in [1.807, 2.05) is 13.8 Å². The Labute approximate surface area is 90.0 Å². The number of hydrogen-bond donors (Lipinski definition) is 1. The van der Waals surface area contributed by atoms with Crippen molar-refractivity contribution in [2.45, 2.75) is 45.4 Å². The van der Waals surface area contributed by atoms with E-state index in [0.717, 1.165) is 30.8 Å². The normalized spacial score (nSPS) is 25.3. The predicted molar refractivity (Wildman–Crippen MR) is 56.6 cm³/mol. The summed E-state index contributed by atoms with van der Waals surface area (Å²) < 4.78 is 10.3. The highest BCUT2D eigenvalue weighted by atomic mass is 16.5. The lowest BCUT2D eigenvalue weighted by Crippen LogP contribution is -2.44. The fourth-order valence-electron chi connectivity index (χ4n) is 1.93. The van der Waals surface area contributed by atoms with Crippen molar-refractivity contribution in [1.82, 2.24) is 10.5 Å². The molecule has 0 amide bonds. The van der Waals surface area contributed by atoms with Crippen molar-refractivity contribution in [2.75, 3.05) is 7.11 Å². The van der Waals surface area contributed by atoms with Crippen molar-refractivity contribution >= 4 is 0 Å². The molecule has 1 aromatic heterocycles. The molecule has 0 spiro atoms. The molecule has 0 unspecified atom stereocenters. The summed E-state index contributed by atoms with van der Waals surface area (Å²) in [5, 5.41) is 7.42. The summed E-state index contributed by atoms with van der Waals surface area (Å²) >= 11 is 0. The predicted octanol–water partition coefficient (Wildman–Crippen LogP) is 1.56. The van der Waals surface area contributed by atoms with Crippen molar-refractivity contribution in [3.05, 3.63) is 17.0 Å². The van der Waals surface area contributed by atoms with Gasteiger partial charge in [-0.3, -0.25) is 0 Å². The third-order valence-electron chi connectivity index (χ3n) is 3.18. The first-order chi connectivity index (χ1) is 7.20. The number of methoxy groups -OCH3 is 1. The number of aryl methyl sites for hydroxylation is 2. The van der Waals surface area contributed by atoms with Gasteiger partial charge in [-0.1, -0.05) is 5.16 Å². The van der Waals surface area contributed by atoms with Gasteiger partial charge in [-0.15, -0.1) is 0 Å². The van der Waals surface area contributed by atoms with Gasteiger partial charge < -0.3 is 14.6 Å². The Kier molecular flexibility index (Phi) is 3.07. The minimum atomic E-state index is 0.451. The molecule has 0 saturated heterocycles. The molecule has 84 valence electrons. The largest absolute Gasteiger partial charge is 0.381 e. The molecule has 1 aromatic rings. The van der Waals surface area contributed by atoms with Gasteiger partial charge in [-0.2, -0.15) is 0 Å². The van der Waals surface area contributed by atoms with E-state index in [1.54, 1.807) is 7.11 Å². The number of ether oxygens (including phenoxy) is 1. The Hall–Kier alpha value is -0.870. The van der Waals surface area contributed by atoms with E-state index in [1.165, 1.54) is 5.56 Å². The maximum Gasteiger partial charge on any atom is 0.138 e. The van der Waals surface area contributed by atoms with Gasteiger partial charge in [0.1, 0.15) is 5.76 Å². The number of rotatable bonds is 4. The van der Waals surface area contributed by atoms with Crippen LogP contribution < -0.4 is 5.32 Å². The topological polar surface area (TPSA) is 47.3 Å². The third kappa shape index (κ3) is 2.21. The van der Waals surface area contributed by atoms with Gasteiger partial charge in [-0.05, 0) is 26.7 Å². The average Bonchev–Trinajstić information content (AvgIpc) is 2.46. The second-order valence-corrected chi connectivity index (χ2v) is 4.21. The van der Waals surface area contributed by atoms with Gasteiger partial charge in [-0.25, -0.2) is 0 Å². The molecule has 4 heteroatoms. The molecule has 1 aliphatic carbocycles. The van der Waals surface area contributed by atoms with Gasteiger partial charge in [0, 0.05) is 25.3 Å². The van der Waals surface area contributed by atoms with Crippen LogP contribution in [0.3, 0.4) is 0 Å². The van der Waals surface area contributed by atoms with E-state index in [0.29, 0.717) is 12.1 Å². The number of aromatic nitrogens is 1. The minimum Gasteiger partial charge on any atom is -0.381 e. The summed E-state index contributed by atoms with van der Waals surface area (Å²) in [6, 6.07) is 0.587. The van der Waals surface area contributed by atoms with Crippen LogP contribution >= 0.6 is 0 Å². The maximum absolute atomic E-state index is 5.23. The van der Waals surface area contributed by atoms with E-state index in [9.17, 15) is 0 Å². The van der Waals surface area contributed by atoms with Crippen LogP contribution in [0.1, 0.15) is 29.9 Å². The quantitative estimate of drug-likeness (QED) is 0.819. The molecule has 0 radical (unpaired) electrons. The molecule has 1 heterocycles. The molecule has 0 bridgehead atoms. The van der Waals surface area contributed by atoms with E-state index in [2.05, 4.69) is 10.5 Å². The molecular weight excluding hydrogens is 192 g/mol. The Morgan fingerprint density at radius 2 is 2.20 bits per heavy atom. The molecule has 1 aliphatic rings. The number of nitrogens with one attached hydrogen (secondary N) is 1. The zero-order valence-electron chi connectivity index (χ0n) is 9.54. The van der Waals surface area contributed by atoms with Crippen molar-refractivity contribution < 1.29 is 9.26 Å². The molecule has 1 N–H and O–H groups in total.